The van der Waals surface area contributed by atoms with E-state index in [1.54, 1.807) is 6.92 Å². The fourth-order valence-electron chi connectivity index (χ4n) is 5.13. The van der Waals surface area contributed by atoms with E-state index >= 15 is 0 Å². The maximum absolute atomic E-state index is 14.1. The Hall–Kier alpha value is -3.15. The molecule has 2 N–H and O–H groups in total. The van der Waals surface area contributed by atoms with Gasteiger partial charge < -0.3 is 20.3 Å². The van der Waals surface area contributed by atoms with Crippen LogP contribution < -0.4 is 21.1 Å². The zero-order chi connectivity index (χ0) is 24.2. The van der Waals surface area contributed by atoms with E-state index < -0.39 is 23.8 Å². The van der Waals surface area contributed by atoms with E-state index in [1.807, 2.05) is 4.90 Å². The van der Waals surface area contributed by atoms with Crippen LogP contribution in [-0.4, -0.2) is 63.9 Å². The molecule has 2 fully saturated rings. The summed E-state index contributed by atoms with van der Waals surface area (Å²) >= 11 is 0. The van der Waals surface area contributed by atoms with Gasteiger partial charge in [0.25, 0.3) is 5.56 Å². The molecule has 1 unspecified atom stereocenters. The van der Waals surface area contributed by atoms with Crippen molar-refractivity contribution in [3.05, 3.63) is 40.3 Å². The zero-order valence-electron chi connectivity index (χ0n) is 18.5. The summed E-state index contributed by atoms with van der Waals surface area (Å²) in [5.74, 6) is 0.158. The Balaban J connectivity index is 1.50. The minimum atomic E-state index is -4.56. The van der Waals surface area contributed by atoms with Crippen molar-refractivity contribution in [3.63, 3.8) is 0 Å². The van der Waals surface area contributed by atoms with Crippen molar-refractivity contribution < 1.29 is 22.7 Å². The predicted molar refractivity (Wildman–Crippen MR) is 118 cm³/mol. The van der Waals surface area contributed by atoms with Crippen LogP contribution in [0, 0.1) is 0 Å². The van der Waals surface area contributed by atoms with E-state index in [2.05, 4.69) is 9.97 Å². The highest BCUT2D eigenvalue weighted by molar-refractivity contribution is 5.96. The molecule has 12 heteroatoms. The summed E-state index contributed by atoms with van der Waals surface area (Å²) in [5.41, 5.74) is 5.41. The number of aromatic nitrogens is 3. The van der Waals surface area contributed by atoms with Gasteiger partial charge in [-0.25, -0.2) is 4.98 Å². The Morgan fingerprint density at radius 2 is 2.15 bits per heavy atom. The van der Waals surface area contributed by atoms with Gasteiger partial charge in [0.15, 0.2) is 5.78 Å². The normalized spacial score (nSPS) is 24.9. The number of ether oxygens (including phenoxy) is 1. The molecule has 0 spiro atoms. The molecule has 4 atom stereocenters. The van der Waals surface area contributed by atoms with Gasteiger partial charge in [-0.2, -0.15) is 18.2 Å². The highest BCUT2D eigenvalue weighted by Crippen LogP contribution is 2.38. The van der Waals surface area contributed by atoms with Gasteiger partial charge in [0, 0.05) is 43.4 Å². The van der Waals surface area contributed by atoms with Crippen LogP contribution in [0.5, 0.6) is 0 Å². The number of nitrogen functional groups attached to an aromatic ring is 1. The third-order valence-electron chi connectivity index (χ3n) is 6.80. The molecule has 2 bridgehead atoms. The number of carbonyl (C=O) groups excluding carboxylic acids is 1. The first kappa shape index (κ1) is 22.6. The van der Waals surface area contributed by atoms with E-state index in [0.717, 1.165) is 11.3 Å². The summed E-state index contributed by atoms with van der Waals surface area (Å²) in [5, 5.41) is 0. The maximum Gasteiger partial charge on any atom is 0.408 e. The van der Waals surface area contributed by atoms with Gasteiger partial charge in [0.1, 0.15) is 17.7 Å². The van der Waals surface area contributed by atoms with Gasteiger partial charge in [-0.15, -0.1) is 0 Å². The Labute approximate surface area is 193 Å². The van der Waals surface area contributed by atoms with Crippen molar-refractivity contribution in [2.45, 2.75) is 63.1 Å². The molecule has 2 aromatic heterocycles. The van der Waals surface area contributed by atoms with Crippen molar-refractivity contribution >= 4 is 23.4 Å². The third-order valence-corrected chi connectivity index (χ3v) is 6.80. The molecule has 34 heavy (non-hydrogen) atoms. The number of hydrogen-bond acceptors (Lipinski definition) is 8. The summed E-state index contributed by atoms with van der Waals surface area (Å²) in [6, 6.07) is 1.66. The van der Waals surface area contributed by atoms with E-state index in [4.69, 9.17) is 10.5 Å². The van der Waals surface area contributed by atoms with Crippen molar-refractivity contribution in [1.82, 2.24) is 14.5 Å². The second-order valence-electron chi connectivity index (χ2n) is 9.10. The molecule has 0 radical (unpaired) electrons. The van der Waals surface area contributed by atoms with Crippen LogP contribution in [0.3, 0.4) is 0 Å². The Morgan fingerprint density at radius 1 is 1.35 bits per heavy atom. The number of fused-ring (bicyclic) bond motifs is 3. The number of ketones is 1. The first-order valence-corrected chi connectivity index (χ1v) is 11.2. The number of anilines is 3. The molecule has 5 rings (SSSR count). The minimum absolute atomic E-state index is 0.0367. The van der Waals surface area contributed by atoms with E-state index in [0.29, 0.717) is 19.0 Å². The molecular formula is C22H25F3N6O3. The number of morpholine rings is 1. The lowest BCUT2D eigenvalue weighted by atomic mass is 10.0. The molecule has 0 saturated carbocycles. The average Bonchev–Trinajstić information content (AvgIpc) is 3.42. The van der Waals surface area contributed by atoms with E-state index in [1.165, 1.54) is 29.0 Å². The quantitative estimate of drug-likeness (QED) is 0.651. The first-order chi connectivity index (χ1) is 16.1. The summed E-state index contributed by atoms with van der Waals surface area (Å²) in [6.07, 6.45) is -2.92. The minimum Gasteiger partial charge on any atom is -0.384 e. The number of pyridine rings is 1. The summed E-state index contributed by atoms with van der Waals surface area (Å²) in [7, 11) is 0. The van der Waals surface area contributed by atoms with Crippen molar-refractivity contribution in [1.29, 1.82) is 0 Å². The Kier molecular flexibility index (Phi) is 5.50. The Bertz CT molecular complexity index is 1150. The van der Waals surface area contributed by atoms with Crippen LogP contribution >= 0.6 is 0 Å². The highest BCUT2D eigenvalue weighted by Gasteiger charge is 2.49. The smallest absolute Gasteiger partial charge is 0.384 e. The van der Waals surface area contributed by atoms with Gasteiger partial charge in [-0.1, -0.05) is 0 Å². The summed E-state index contributed by atoms with van der Waals surface area (Å²) in [6.45, 7) is 2.49. The van der Waals surface area contributed by atoms with Gasteiger partial charge in [0.2, 0.25) is 5.95 Å². The Morgan fingerprint density at radius 3 is 2.76 bits per heavy atom. The van der Waals surface area contributed by atoms with Gasteiger partial charge in [0.05, 0.1) is 18.8 Å². The molecule has 5 heterocycles. The lowest BCUT2D eigenvalue weighted by Crippen LogP contribution is -2.56. The largest absolute Gasteiger partial charge is 0.408 e. The summed E-state index contributed by atoms with van der Waals surface area (Å²) in [4.78, 5) is 37.2. The second-order valence-corrected chi connectivity index (χ2v) is 9.10. The lowest BCUT2D eigenvalue weighted by molar-refractivity contribution is -0.154. The molecule has 0 aliphatic carbocycles. The van der Waals surface area contributed by atoms with Crippen molar-refractivity contribution in [3.8, 4) is 0 Å². The monoisotopic (exact) mass is 478 g/mol. The SMILES string of the molecule is CC(CC(=O)c1ccc(N)nc1)N1c2nc(N3C[C@@H]4C[C@H]3CO4)cc(=O)n2CC[C@H]1C(F)(F)F. The van der Waals surface area contributed by atoms with Crippen LogP contribution in [0.4, 0.5) is 30.8 Å². The molecule has 182 valence electrons. The lowest BCUT2D eigenvalue weighted by Gasteiger charge is -2.42. The number of alkyl halides is 3. The van der Waals surface area contributed by atoms with Crippen LogP contribution in [-0.2, 0) is 11.3 Å². The topological polar surface area (TPSA) is 107 Å². The number of halogens is 3. The molecule has 0 amide bonds. The van der Waals surface area contributed by atoms with Crippen molar-refractivity contribution in [2.24, 2.45) is 0 Å². The van der Waals surface area contributed by atoms with Gasteiger partial charge in [-0.3, -0.25) is 14.2 Å². The van der Waals surface area contributed by atoms with Crippen LogP contribution in [0.25, 0.3) is 0 Å². The molecule has 3 aliphatic rings. The molecule has 9 nitrogen and oxygen atoms in total. The maximum atomic E-state index is 14.1. The third kappa shape index (κ3) is 3.99. The molecule has 0 aromatic carbocycles. The van der Waals surface area contributed by atoms with Crippen molar-refractivity contribution in [2.75, 3.05) is 28.7 Å². The van der Waals surface area contributed by atoms with E-state index in [9.17, 15) is 22.8 Å². The first-order valence-electron chi connectivity index (χ1n) is 11.2. The number of nitrogens with zero attached hydrogens (tertiary/aromatic N) is 5. The van der Waals surface area contributed by atoms with Gasteiger partial charge >= 0.3 is 6.18 Å². The summed E-state index contributed by atoms with van der Waals surface area (Å²) < 4.78 is 49.1. The number of rotatable bonds is 5. The zero-order valence-corrected chi connectivity index (χ0v) is 18.5. The fourth-order valence-corrected chi connectivity index (χ4v) is 5.13. The fraction of sp³-hybridized carbons (Fsp3) is 0.545. The number of Topliss-reactive ketones (excluding diaryl/α,β-unsaturated/α-hetero) is 1. The second kappa shape index (κ2) is 8.26. The average molecular weight is 478 g/mol. The predicted octanol–water partition coefficient (Wildman–Crippen LogP) is 2.00. The van der Waals surface area contributed by atoms with Crippen LogP contribution in [0.2, 0.25) is 0 Å². The van der Waals surface area contributed by atoms with Crippen LogP contribution in [0.15, 0.2) is 29.2 Å². The van der Waals surface area contributed by atoms with E-state index in [-0.39, 0.29) is 54.6 Å². The standard InChI is InChI=1S/C22H25F3N6O3/c1-12(6-16(32)13-2-3-18(26)27-9-13)31-17(22(23,24)25)4-5-29-20(33)8-19(28-21(29)31)30-10-15-7-14(30)11-34-15/h2-3,8-9,12,14-15,17H,4-7,10-11H2,1H3,(H2,26,27)/t12?,14-,15-,17-/m0/s1. The molecule has 3 aliphatic heterocycles. The highest BCUT2D eigenvalue weighted by atomic mass is 19.4. The number of hydrogen-bond donors (Lipinski definition) is 1. The van der Waals surface area contributed by atoms with Gasteiger partial charge in [-0.05, 0) is 31.9 Å². The number of nitrogens with two attached hydrogens (primary N) is 1. The molecular weight excluding hydrogens is 453 g/mol. The molecule has 2 aromatic rings. The number of carbonyl (C=O) groups is 1. The van der Waals surface area contributed by atoms with Crippen LogP contribution in [0.1, 0.15) is 36.5 Å². The molecule has 2 saturated heterocycles.